The summed E-state index contributed by atoms with van der Waals surface area (Å²) in [6, 6.07) is 10.6. The highest BCUT2D eigenvalue weighted by Crippen LogP contribution is 2.21. The number of hydrogen-bond acceptors (Lipinski definition) is 3. The largest absolute Gasteiger partial charge is 0.352 e. The minimum Gasteiger partial charge on any atom is -0.352 e. The van der Waals surface area contributed by atoms with Crippen molar-refractivity contribution in [3.8, 4) is 0 Å². The summed E-state index contributed by atoms with van der Waals surface area (Å²) in [5.74, 6) is 0.462. The van der Waals surface area contributed by atoms with Gasteiger partial charge in [-0.05, 0) is 48.2 Å². The van der Waals surface area contributed by atoms with E-state index in [1.54, 1.807) is 35.4 Å². The molecule has 0 bridgehead atoms. The number of urea groups is 1. The number of hydrogen-bond donors (Lipinski definition) is 2. The van der Waals surface area contributed by atoms with Crippen molar-refractivity contribution < 1.29 is 9.59 Å². The van der Waals surface area contributed by atoms with Crippen molar-refractivity contribution in [2.75, 3.05) is 11.9 Å². The Hall–Kier alpha value is -2.89. The Morgan fingerprint density at radius 2 is 1.92 bits per heavy atom. The van der Waals surface area contributed by atoms with Gasteiger partial charge in [0, 0.05) is 30.5 Å². The van der Waals surface area contributed by atoms with Crippen molar-refractivity contribution in [1.29, 1.82) is 0 Å². The second kappa shape index (κ2) is 7.99. The van der Waals surface area contributed by atoms with Gasteiger partial charge in [-0.3, -0.25) is 9.78 Å². The normalized spacial score (nSPS) is 12.8. The topological polar surface area (TPSA) is 74.3 Å². The van der Waals surface area contributed by atoms with Crippen molar-refractivity contribution in [3.05, 3.63) is 59.4 Å². The fourth-order valence-electron chi connectivity index (χ4n) is 2.83. The molecule has 2 aromatic rings. The lowest BCUT2D eigenvalue weighted by Crippen LogP contribution is -2.30. The quantitative estimate of drug-likeness (QED) is 0.866. The van der Waals surface area contributed by atoms with E-state index in [0.29, 0.717) is 36.8 Å². The summed E-state index contributed by atoms with van der Waals surface area (Å²) in [6.07, 6.45) is 2.69. The second-order valence-corrected chi connectivity index (χ2v) is 6.91. The van der Waals surface area contributed by atoms with Gasteiger partial charge in [-0.15, -0.1) is 0 Å². The lowest BCUT2D eigenvalue weighted by atomic mass is 10.1. The minimum absolute atomic E-state index is 0.0930. The third kappa shape index (κ3) is 4.39. The summed E-state index contributed by atoms with van der Waals surface area (Å²) in [5.41, 5.74) is 3.27. The van der Waals surface area contributed by atoms with Crippen molar-refractivity contribution in [3.63, 3.8) is 0 Å². The van der Waals surface area contributed by atoms with Crippen LogP contribution in [0.2, 0.25) is 0 Å². The molecule has 0 saturated heterocycles. The van der Waals surface area contributed by atoms with Gasteiger partial charge in [0.2, 0.25) is 0 Å². The Bertz CT molecular complexity index is 762. The van der Waals surface area contributed by atoms with Gasteiger partial charge in [-0.1, -0.05) is 19.9 Å². The monoisotopic (exact) mass is 352 g/mol. The molecule has 0 unspecified atom stereocenters. The minimum atomic E-state index is -0.169. The Balaban J connectivity index is 1.53. The molecule has 0 spiro atoms. The first-order valence-electron chi connectivity index (χ1n) is 8.90. The van der Waals surface area contributed by atoms with Crippen LogP contribution in [-0.2, 0) is 13.1 Å². The molecule has 0 radical (unpaired) electrons. The van der Waals surface area contributed by atoms with Crippen molar-refractivity contribution in [2.24, 2.45) is 5.92 Å². The standard InChI is InChI=1S/C20H24N4O2/c1-14(2)9-11-22-19(25)15-5-7-17(8-6-15)23-20(26)24-12-16-4-3-10-21-18(16)13-24/h3-8,10,14H,9,11-13H2,1-2H3,(H,22,25)(H,23,26). The van der Waals surface area contributed by atoms with Crippen LogP contribution in [0.3, 0.4) is 0 Å². The Morgan fingerprint density at radius 1 is 1.15 bits per heavy atom. The number of rotatable bonds is 5. The number of aromatic nitrogens is 1. The number of benzene rings is 1. The van der Waals surface area contributed by atoms with Gasteiger partial charge in [-0.25, -0.2) is 4.79 Å². The van der Waals surface area contributed by atoms with E-state index in [2.05, 4.69) is 29.5 Å². The van der Waals surface area contributed by atoms with E-state index in [1.807, 2.05) is 12.1 Å². The zero-order chi connectivity index (χ0) is 18.5. The Morgan fingerprint density at radius 3 is 2.62 bits per heavy atom. The second-order valence-electron chi connectivity index (χ2n) is 6.91. The summed E-state index contributed by atoms with van der Waals surface area (Å²) < 4.78 is 0. The molecule has 1 aromatic carbocycles. The van der Waals surface area contributed by atoms with Crippen LogP contribution in [0, 0.1) is 5.92 Å². The summed E-state index contributed by atoms with van der Waals surface area (Å²) in [5, 5.41) is 5.77. The molecule has 6 nitrogen and oxygen atoms in total. The molecule has 2 N–H and O–H groups in total. The van der Waals surface area contributed by atoms with Gasteiger partial charge in [0.05, 0.1) is 12.2 Å². The molecule has 3 amide bonds. The van der Waals surface area contributed by atoms with E-state index < -0.39 is 0 Å². The average molecular weight is 352 g/mol. The van der Waals surface area contributed by atoms with Crippen LogP contribution >= 0.6 is 0 Å². The highest BCUT2D eigenvalue weighted by atomic mass is 16.2. The van der Waals surface area contributed by atoms with E-state index in [9.17, 15) is 9.59 Å². The summed E-state index contributed by atoms with van der Waals surface area (Å²) in [6.45, 7) is 5.99. The maximum Gasteiger partial charge on any atom is 0.322 e. The first-order chi connectivity index (χ1) is 12.5. The number of nitrogens with one attached hydrogen (secondary N) is 2. The predicted molar refractivity (Wildman–Crippen MR) is 101 cm³/mol. The predicted octanol–water partition coefficient (Wildman–Crippen LogP) is 3.41. The molecule has 26 heavy (non-hydrogen) atoms. The number of nitrogens with zero attached hydrogens (tertiary/aromatic N) is 2. The molecule has 0 saturated carbocycles. The first-order valence-corrected chi connectivity index (χ1v) is 8.90. The average Bonchev–Trinajstić information content (AvgIpc) is 3.06. The Kier molecular flexibility index (Phi) is 5.51. The molecule has 1 aliphatic heterocycles. The van der Waals surface area contributed by atoms with Gasteiger partial charge in [-0.2, -0.15) is 0 Å². The lowest BCUT2D eigenvalue weighted by Gasteiger charge is -2.16. The molecular formula is C20H24N4O2. The van der Waals surface area contributed by atoms with Crippen LogP contribution in [0.1, 0.15) is 41.9 Å². The lowest BCUT2D eigenvalue weighted by molar-refractivity contribution is 0.0952. The van der Waals surface area contributed by atoms with Gasteiger partial charge in [0.25, 0.3) is 5.91 Å². The van der Waals surface area contributed by atoms with Crippen LogP contribution in [-0.4, -0.2) is 28.4 Å². The molecule has 0 atom stereocenters. The van der Waals surface area contributed by atoms with Crippen LogP contribution in [0.25, 0.3) is 0 Å². The van der Waals surface area contributed by atoms with E-state index in [-0.39, 0.29) is 11.9 Å². The van der Waals surface area contributed by atoms with Gasteiger partial charge in [0.15, 0.2) is 0 Å². The summed E-state index contributed by atoms with van der Waals surface area (Å²) in [4.78, 5) is 30.5. The van der Waals surface area contributed by atoms with E-state index in [0.717, 1.165) is 17.7 Å². The zero-order valence-corrected chi connectivity index (χ0v) is 15.2. The molecule has 1 aliphatic rings. The third-order valence-corrected chi connectivity index (χ3v) is 4.38. The van der Waals surface area contributed by atoms with E-state index >= 15 is 0 Å². The fraction of sp³-hybridized carbons (Fsp3) is 0.350. The summed E-state index contributed by atoms with van der Waals surface area (Å²) in [7, 11) is 0. The van der Waals surface area contributed by atoms with Crippen molar-refractivity contribution in [1.82, 2.24) is 15.2 Å². The maximum absolute atomic E-state index is 12.4. The smallest absolute Gasteiger partial charge is 0.322 e. The van der Waals surface area contributed by atoms with Crippen molar-refractivity contribution in [2.45, 2.75) is 33.4 Å². The molecule has 136 valence electrons. The molecular weight excluding hydrogens is 328 g/mol. The van der Waals surface area contributed by atoms with E-state index in [4.69, 9.17) is 0 Å². The highest BCUT2D eigenvalue weighted by Gasteiger charge is 2.23. The molecule has 2 heterocycles. The van der Waals surface area contributed by atoms with Gasteiger partial charge < -0.3 is 15.5 Å². The van der Waals surface area contributed by atoms with Gasteiger partial charge in [0.1, 0.15) is 0 Å². The number of amides is 3. The number of carbonyl (C=O) groups is 2. The molecule has 6 heteroatoms. The number of fused-ring (bicyclic) bond motifs is 1. The van der Waals surface area contributed by atoms with Crippen molar-refractivity contribution >= 4 is 17.6 Å². The molecule has 0 fully saturated rings. The Labute approximate surface area is 153 Å². The fourth-order valence-corrected chi connectivity index (χ4v) is 2.83. The third-order valence-electron chi connectivity index (χ3n) is 4.38. The molecule has 0 aliphatic carbocycles. The highest BCUT2D eigenvalue weighted by molar-refractivity contribution is 5.95. The van der Waals surface area contributed by atoms with Crippen LogP contribution in [0.4, 0.5) is 10.5 Å². The van der Waals surface area contributed by atoms with Gasteiger partial charge >= 0.3 is 6.03 Å². The SMILES string of the molecule is CC(C)CCNC(=O)c1ccc(NC(=O)N2Cc3cccnc3C2)cc1. The molecule has 1 aromatic heterocycles. The zero-order valence-electron chi connectivity index (χ0n) is 15.2. The molecule has 3 rings (SSSR count). The van der Waals surface area contributed by atoms with Crippen LogP contribution in [0.15, 0.2) is 42.6 Å². The number of anilines is 1. The number of pyridine rings is 1. The summed E-state index contributed by atoms with van der Waals surface area (Å²) >= 11 is 0. The van der Waals surface area contributed by atoms with E-state index in [1.165, 1.54) is 0 Å². The number of carbonyl (C=O) groups excluding carboxylic acids is 2. The maximum atomic E-state index is 12.4. The van der Waals surface area contributed by atoms with Crippen LogP contribution in [0.5, 0.6) is 0 Å². The van der Waals surface area contributed by atoms with Crippen LogP contribution < -0.4 is 10.6 Å². The first kappa shape index (κ1) is 17.9.